The van der Waals surface area contributed by atoms with E-state index in [-0.39, 0.29) is 23.5 Å². The second-order valence-corrected chi connectivity index (χ2v) is 6.83. The lowest BCUT2D eigenvalue weighted by atomic mass is 10.1. The van der Waals surface area contributed by atoms with Crippen molar-refractivity contribution in [1.29, 1.82) is 0 Å². The van der Waals surface area contributed by atoms with Gasteiger partial charge in [-0.1, -0.05) is 30.3 Å². The molecule has 2 heterocycles. The first-order chi connectivity index (χ1) is 15.0. The molecule has 0 bridgehead atoms. The molecule has 0 spiro atoms. The second kappa shape index (κ2) is 8.49. The van der Waals surface area contributed by atoms with Gasteiger partial charge in [-0.15, -0.1) is 0 Å². The third kappa shape index (κ3) is 4.08. The average Bonchev–Trinajstić information content (AvgIpc) is 3.19. The Balaban J connectivity index is 1.72. The maximum absolute atomic E-state index is 14.1. The number of aromatic nitrogens is 3. The van der Waals surface area contributed by atoms with Gasteiger partial charge < -0.3 is 20.4 Å². The van der Waals surface area contributed by atoms with Crippen molar-refractivity contribution in [1.82, 2.24) is 15.0 Å². The molecular formula is C22H17F3N4O2. The number of aliphatic hydroxyl groups excluding tert-OH is 1. The summed E-state index contributed by atoms with van der Waals surface area (Å²) in [5.74, 6) is -4.51. The van der Waals surface area contributed by atoms with E-state index < -0.39 is 28.5 Å². The minimum atomic E-state index is -1.64. The average molecular weight is 426 g/mol. The first-order valence-corrected chi connectivity index (χ1v) is 9.32. The highest BCUT2D eigenvalue weighted by molar-refractivity contribution is 5.83. The third-order valence-corrected chi connectivity index (χ3v) is 4.72. The number of imidazole rings is 1. The first kappa shape index (κ1) is 20.4. The van der Waals surface area contributed by atoms with Crippen LogP contribution in [0.1, 0.15) is 5.56 Å². The van der Waals surface area contributed by atoms with Crippen molar-refractivity contribution in [2.75, 3.05) is 11.9 Å². The van der Waals surface area contributed by atoms with Crippen LogP contribution in [-0.4, -0.2) is 26.7 Å². The van der Waals surface area contributed by atoms with Crippen molar-refractivity contribution in [3.63, 3.8) is 0 Å². The maximum atomic E-state index is 14.1. The summed E-state index contributed by atoms with van der Waals surface area (Å²) in [6, 6.07) is 11.8. The van der Waals surface area contributed by atoms with Crippen LogP contribution in [0.25, 0.3) is 22.4 Å². The Labute approximate surface area is 174 Å². The molecule has 0 aliphatic rings. The fourth-order valence-electron chi connectivity index (χ4n) is 3.20. The Morgan fingerprint density at radius 2 is 1.90 bits per heavy atom. The summed E-state index contributed by atoms with van der Waals surface area (Å²) >= 11 is 0. The molecule has 4 rings (SSSR count). The van der Waals surface area contributed by atoms with Crippen molar-refractivity contribution < 1.29 is 18.3 Å². The van der Waals surface area contributed by atoms with Gasteiger partial charge in [0.05, 0.1) is 17.8 Å². The molecule has 0 aliphatic heterocycles. The van der Waals surface area contributed by atoms with Crippen LogP contribution < -0.4 is 10.9 Å². The molecule has 0 atom stereocenters. The molecule has 0 unspecified atom stereocenters. The molecule has 0 saturated heterocycles. The number of nitrogens with zero attached hydrogens (tertiary/aromatic N) is 1. The van der Waals surface area contributed by atoms with Gasteiger partial charge in [0.1, 0.15) is 16.9 Å². The van der Waals surface area contributed by atoms with Crippen LogP contribution in [0.15, 0.2) is 65.2 Å². The summed E-state index contributed by atoms with van der Waals surface area (Å²) in [5, 5.41) is 12.6. The number of hydrogen-bond acceptors (Lipinski definition) is 4. The van der Waals surface area contributed by atoms with Crippen LogP contribution in [-0.2, 0) is 6.42 Å². The van der Waals surface area contributed by atoms with E-state index in [0.29, 0.717) is 17.7 Å². The minimum absolute atomic E-state index is 0.0205. The summed E-state index contributed by atoms with van der Waals surface area (Å²) < 4.78 is 41.1. The Hall–Kier alpha value is -3.85. The Kier molecular flexibility index (Phi) is 5.59. The van der Waals surface area contributed by atoms with Crippen molar-refractivity contribution in [2.24, 2.45) is 0 Å². The molecule has 158 valence electrons. The Morgan fingerprint density at radius 1 is 1.13 bits per heavy atom. The topological polar surface area (TPSA) is 93.8 Å². The van der Waals surface area contributed by atoms with E-state index >= 15 is 0 Å². The highest BCUT2D eigenvalue weighted by Crippen LogP contribution is 2.27. The normalized spacial score (nSPS) is 11.8. The van der Waals surface area contributed by atoms with Crippen LogP contribution >= 0.6 is 0 Å². The number of fused-ring (bicyclic) bond motifs is 1. The number of halogens is 3. The second-order valence-electron chi connectivity index (χ2n) is 6.83. The number of aromatic amines is 2. The summed E-state index contributed by atoms with van der Waals surface area (Å²) in [6.07, 6.45) is 3.45. The number of anilines is 1. The van der Waals surface area contributed by atoms with E-state index in [9.17, 15) is 23.1 Å². The molecule has 4 aromatic rings. The molecule has 0 aliphatic carbocycles. The number of aliphatic hydroxyl groups is 1. The lowest BCUT2D eigenvalue weighted by molar-refractivity contribution is 0.328. The van der Waals surface area contributed by atoms with Gasteiger partial charge >= 0.3 is 0 Å². The van der Waals surface area contributed by atoms with Crippen molar-refractivity contribution >= 4 is 16.7 Å². The maximum Gasteiger partial charge on any atom is 0.261 e. The zero-order valence-corrected chi connectivity index (χ0v) is 16.0. The largest absolute Gasteiger partial charge is 0.392 e. The highest BCUT2D eigenvalue weighted by atomic mass is 19.2. The third-order valence-electron chi connectivity index (χ3n) is 4.72. The van der Waals surface area contributed by atoms with Gasteiger partial charge in [-0.2, -0.15) is 0 Å². The molecular weight excluding hydrogens is 409 g/mol. The van der Waals surface area contributed by atoms with E-state index in [4.69, 9.17) is 0 Å². The number of nitrogens with one attached hydrogen (secondary N) is 3. The van der Waals surface area contributed by atoms with Crippen molar-refractivity contribution in [2.45, 2.75) is 6.42 Å². The van der Waals surface area contributed by atoms with Crippen LogP contribution in [0.3, 0.4) is 0 Å². The van der Waals surface area contributed by atoms with E-state index in [1.54, 1.807) is 12.3 Å². The zero-order valence-electron chi connectivity index (χ0n) is 16.0. The standard InChI is InChI=1S/C22H17F3N4O2/c23-14-9-16-20(19(25)18(14)24)29-21(28-16)17-15(6-7-26-22(17)31)27-10-13(11-30)8-12-4-2-1-3-5-12/h1-7,9-10,30H,8,11H2,(H,28,29)(H2,26,27,31). The van der Waals surface area contributed by atoms with Gasteiger partial charge in [0, 0.05) is 18.5 Å². The van der Waals surface area contributed by atoms with Crippen molar-refractivity contribution in [3.05, 3.63) is 93.8 Å². The Morgan fingerprint density at radius 3 is 2.65 bits per heavy atom. The molecule has 0 amide bonds. The smallest absolute Gasteiger partial charge is 0.261 e. The zero-order chi connectivity index (χ0) is 22.0. The van der Waals surface area contributed by atoms with Crippen LogP contribution in [0.2, 0.25) is 0 Å². The highest BCUT2D eigenvalue weighted by Gasteiger charge is 2.20. The predicted octanol–water partition coefficient (Wildman–Crippen LogP) is 3.87. The Bertz CT molecular complexity index is 1330. The van der Waals surface area contributed by atoms with Gasteiger partial charge in [-0.25, -0.2) is 18.2 Å². The van der Waals surface area contributed by atoms with Crippen LogP contribution in [0.5, 0.6) is 0 Å². The van der Waals surface area contributed by atoms with Crippen LogP contribution in [0.4, 0.5) is 18.9 Å². The molecule has 2 aromatic heterocycles. The first-order valence-electron chi connectivity index (χ1n) is 9.32. The van der Waals surface area contributed by atoms with Crippen molar-refractivity contribution in [3.8, 4) is 11.4 Å². The van der Waals surface area contributed by atoms with E-state index in [2.05, 4.69) is 20.3 Å². The quantitative estimate of drug-likeness (QED) is 0.352. The fourth-order valence-corrected chi connectivity index (χ4v) is 3.20. The summed E-state index contributed by atoms with van der Waals surface area (Å²) in [5.41, 5.74) is 0.919. The molecule has 0 radical (unpaired) electrons. The van der Waals surface area contributed by atoms with Gasteiger partial charge in [0.15, 0.2) is 17.5 Å². The summed E-state index contributed by atoms with van der Waals surface area (Å²) in [6.45, 7) is -0.213. The minimum Gasteiger partial charge on any atom is -0.392 e. The number of pyridine rings is 1. The molecule has 31 heavy (non-hydrogen) atoms. The predicted molar refractivity (Wildman–Crippen MR) is 111 cm³/mol. The van der Waals surface area contributed by atoms with E-state index in [1.807, 2.05) is 30.3 Å². The molecule has 0 saturated carbocycles. The van der Waals surface area contributed by atoms with Crippen LogP contribution in [0, 0.1) is 17.5 Å². The summed E-state index contributed by atoms with van der Waals surface area (Å²) in [7, 11) is 0. The van der Waals surface area contributed by atoms with Gasteiger partial charge in [-0.3, -0.25) is 4.79 Å². The van der Waals surface area contributed by atoms with Gasteiger partial charge in [0.2, 0.25) is 0 Å². The molecule has 2 aromatic carbocycles. The molecule has 9 heteroatoms. The fraction of sp³-hybridized carbons (Fsp3) is 0.0909. The molecule has 0 fully saturated rings. The number of H-pyrrole nitrogens is 2. The van der Waals surface area contributed by atoms with Gasteiger partial charge in [-0.05, 0) is 23.6 Å². The number of benzene rings is 2. The SMILES string of the molecule is O=c1[nH]ccc(NC=C(CO)Cc2ccccc2)c1-c1nc2c(F)c(F)c(F)cc2[nH]1. The number of hydrogen-bond donors (Lipinski definition) is 4. The van der Waals surface area contributed by atoms with E-state index in [0.717, 1.165) is 11.6 Å². The number of rotatable bonds is 6. The molecule has 4 N–H and O–H groups in total. The summed E-state index contributed by atoms with van der Waals surface area (Å²) in [4.78, 5) is 21.6. The lowest BCUT2D eigenvalue weighted by Crippen LogP contribution is -2.12. The van der Waals surface area contributed by atoms with E-state index in [1.165, 1.54) is 6.20 Å². The molecule has 6 nitrogen and oxygen atoms in total. The van der Waals surface area contributed by atoms with Gasteiger partial charge in [0.25, 0.3) is 5.56 Å². The lowest BCUT2D eigenvalue weighted by Gasteiger charge is -2.09. The monoisotopic (exact) mass is 426 g/mol.